The molecule has 4 heterocycles. The van der Waals surface area contributed by atoms with Gasteiger partial charge in [-0.25, -0.2) is 24.3 Å². The van der Waals surface area contributed by atoms with Gasteiger partial charge in [-0.2, -0.15) is 0 Å². The van der Waals surface area contributed by atoms with Crippen molar-refractivity contribution in [2.75, 3.05) is 23.3 Å². The number of piperidine rings is 1. The number of hydrogen-bond acceptors (Lipinski definition) is 7. The minimum Gasteiger partial charge on any atom is -0.348 e. The molecule has 4 rings (SSSR count). The smallest absolute Gasteiger partial charge is 0.186 e. The second kappa shape index (κ2) is 6.27. The molecule has 6 nitrogen and oxygen atoms in total. The Morgan fingerprint density at radius 3 is 2.79 bits per heavy atom. The van der Waals surface area contributed by atoms with Gasteiger partial charge < -0.3 is 10.2 Å². The highest BCUT2D eigenvalue weighted by atomic mass is 32.1. The lowest BCUT2D eigenvalue weighted by Crippen LogP contribution is -2.29. The third-order valence-corrected chi connectivity index (χ3v) is 5.16. The number of fused-ring (bicyclic) bond motifs is 1. The molecule has 0 aliphatic carbocycles. The molecule has 0 atom stereocenters. The molecule has 1 N–H and O–H groups in total. The van der Waals surface area contributed by atoms with Crippen LogP contribution in [0.15, 0.2) is 18.6 Å². The fourth-order valence-electron chi connectivity index (χ4n) is 2.83. The SMILES string of the molecule is Cc1cc(Nc2ncc(F)c3nc(N4CCCCC4)sc23)ncn1. The minimum absolute atomic E-state index is 0.365. The van der Waals surface area contributed by atoms with Crippen molar-refractivity contribution in [1.82, 2.24) is 19.9 Å². The predicted molar refractivity (Wildman–Crippen MR) is 93.5 cm³/mol. The maximum absolute atomic E-state index is 14.2. The van der Waals surface area contributed by atoms with E-state index in [9.17, 15) is 4.39 Å². The summed E-state index contributed by atoms with van der Waals surface area (Å²) < 4.78 is 14.9. The average molecular weight is 344 g/mol. The molecule has 0 saturated carbocycles. The van der Waals surface area contributed by atoms with E-state index in [0.717, 1.165) is 36.8 Å². The molecule has 0 radical (unpaired) electrons. The Hall–Kier alpha value is -2.35. The zero-order chi connectivity index (χ0) is 16.5. The molecule has 124 valence electrons. The molecule has 0 spiro atoms. The van der Waals surface area contributed by atoms with Crippen LogP contribution in [-0.2, 0) is 0 Å². The number of hydrogen-bond donors (Lipinski definition) is 1. The Morgan fingerprint density at radius 2 is 2.00 bits per heavy atom. The van der Waals surface area contributed by atoms with Crippen molar-refractivity contribution in [3.8, 4) is 0 Å². The lowest BCUT2D eigenvalue weighted by molar-refractivity contribution is 0.576. The maximum atomic E-state index is 14.2. The number of anilines is 3. The van der Waals surface area contributed by atoms with Gasteiger partial charge in [-0.1, -0.05) is 11.3 Å². The number of rotatable bonds is 3. The summed E-state index contributed by atoms with van der Waals surface area (Å²) in [7, 11) is 0. The van der Waals surface area contributed by atoms with Crippen molar-refractivity contribution in [2.24, 2.45) is 0 Å². The summed E-state index contributed by atoms with van der Waals surface area (Å²) in [4.78, 5) is 19.2. The zero-order valence-corrected chi connectivity index (χ0v) is 14.1. The normalized spacial score (nSPS) is 15.0. The molecule has 3 aromatic rings. The number of pyridine rings is 1. The van der Waals surface area contributed by atoms with Gasteiger partial charge in [0.15, 0.2) is 16.8 Å². The molecule has 0 bridgehead atoms. The Morgan fingerprint density at radius 1 is 1.17 bits per heavy atom. The monoisotopic (exact) mass is 344 g/mol. The van der Waals surface area contributed by atoms with Gasteiger partial charge in [0.25, 0.3) is 0 Å². The summed E-state index contributed by atoms with van der Waals surface area (Å²) >= 11 is 1.47. The van der Waals surface area contributed by atoms with Crippen LogP contribution in [-0.4, -0.2) is 33.0 Å². The van der Waals surface area contributed by atoms with Gasteiger partial charge in [-0.3, -0.25) is 0 Å². The summed E-state index contributed by atoms with van der Waals surface area (Å²) in [6.07, 6.45) is 6.25. The molecular formula is C16H17FN6S. The van der Waals surface area contributed by atoms with Gasteiger partial charge in [0.1, 0.15) is 22.4 Å². The topological polar surface area (TPSA) is 66.8 Å². The molecule has 0 unspecified atom stereocenters. The van der Waals surface area contributed by atoms with Crippen LogP contribution in [0.4, 0.5) is 21.2 Å². The van der Waals surface area contributed by atoms with Gasteiger partial charge in [-0.15, -0.1) is 0 Å². The fourth-order valence-corrected chi connectivity index (χ4v) is 3.90. The zero-order valence-electron chi connectivity index (χ0n) is 13.3. The van der Waals surface area contributed by atoms with E-state index in [-0.39, 0.29) is 0 Å². The van der Waals surface area contributed by atoms with Crippen LogP contribution < -0.4 is 10.2 Å². The summed E-state index contributed by atoms with van der Waals surface area (Å²) in [6, 6.07) is 1.82. The van der Waals surface area contributed by atoms with Gasteiger partial charge in [0.2, 0.25) is 0 Å². The van der Waals surface area contributed by atoms with E-state index in [4.69, 9.17) is 0 Å². The lowest BCUT2D eigenvalue weighted by Gasteiger charge is -2.25. The number of nitrogens with zero attached hydrogens (tertiary/aromatic N) is 5. The number of thiazole rings is 1. The van der Waals surface area contributed by atoms with Crippen LogP contribution in [0.5, 0.6) is 0 Å². The molecular weight excluding hydrogens is 327 g/mol. The van der Waals surface area contributed by atoms with Crippen LogP contribution >= 0.6 is 11.3 Å². The molecule has 1 fully saturated rings. The predicted octanol–water partition coefficient (Wildman–Crippen LogP) is 3.66. The van der Waals surface area contributed by atoms with E-state index < -0.39 is 5.82 Å². The van der Waals surface area contributed by atoms with E-state index >= 15 is 0 Å². The second-order valence-corrected chi connectivity index (χ2v) is 6.82. The Kier molecular flexibility index (Phi) is 3.97. The van der Waals surface area contributed by atoms with Crippen LogP contribution in [0.2, 0.25) is 0 Å². The van der Waals surface area contributed by atoms with Crippen molar-refractivity contribution in [3.05, 3.63) is 30.1 Å². The van der Waals surface area contributed by atoms with Gasteiger partial charge in [0.05, 0.1) is 6.20 Å². The van der Waals surface area contributed by atoms with E-state index in [2.05, 4.69) is 30.2 Å². The summed E-state index contributed by atoms with van der Waals surface area (Å²) in [5, 5.41) is 4.01. The van der Waals surface area contributed by atoms with Crippen molar-refractivity contribution in [1.29, 1.82) is 0 Å². The van der Waals surface area contributed by atoms with Crippen molar-refractivity contribution in [2.45, 2.75) is 26.2 Å². The number of halogens is 1. The molecule has 24 heavy (non-hydrogen) atoms. The molecule has 1 saturated heterocycles. The van der Waals surface area contributed by atoms with Crippen LogP contribution in [0.1, 0.15) is 25.0 Å². The minimum atomic E-state index is -0.395. The summed E-state index contributed by atoms with van der Waals surface area (Å²) in [5.74, 6) is 0.815. The molecule has 3 aromatic heterocycles. The largest absolute Gasteiger partial charge is 0.348 e. The average Bonchev–Trinajstić information content (AvgIpc) is 3.05. The van der Waals surface area contributed by atoms with E-state index in [1.54, 1.807) is 0 Å². The molecule has 0 amide bonds. The van der Waals surface area contributed by atoms with Gasteiger partial charge in [0, 0.05) is 24.8 Å². The Bertz CT molecular complexity index is 874. The quantitative estimate of drug-likeness (QED) is 0.782. The van der Waals surface area contributed by atoms with Crippen LogP contribution in [0.3, 0.4) is 0 Å². The fraction of sp³-hybridized carbons (Fsp3) is 0.375. The van der Waals surface area contributed by atoms with E-state index in [1.165, 1.54) is 30.3 Å². The number of aryl methyl sites for hydroxylation is 1. The third kappa shape index (κ3) is 2.89. The lowest BCUT2D eigenvalue weighted by atomic mass is 10.1. The van der Waals surface area contributed by atoms with Gasteiger partial charge >= 0.3 is 0 Å². The second-order valence-electron chi connectivity index (χ2n) is 5.85. The van der Waals surface area contributed by atoms with Crippen molar-refractivity contribution in [3.63, 3.8) is 0 Å². The molecule has 8 heteroatoms. The number of aromatic nitrogens is 4. The van der Waals surface area contributed by atoms with Crippen molar-refractivity contribution < 1.29 is 4.39 Å². The molecule has 1 aliphatic heterocycles. The standard InChI is InChI=1S/C16H17FN6S/c1-10-7-12(20-9-19-10)21-15-14-13(11(17)8-18-15)22-16(24-14)23-5-3-2-4-6-23/h7-9H,2-6H2,1H3,(H,18,19,20,21). The van der Waals surface area contributed by atoms with Crippen molar-refractivity contribution >= 4 is 38.3 Å². The third-order valence-electron chi connectivity index (χ3n) is 4.04. The molecule has 1 aliphatic rings. The number of nitrogens with one attached hydrogen (secondary N) is 1. The van der Waals surface area contributed by atoms with E-state index in [1.807, 2.05) is 13.0 Å². The first kappa shape index (κ1) is 15.2. The highest BCUT2D eigenvalue weighted by molar-refractivity contribution is 7.22. The van der Waals surface area contributed by atoms with Crippen LogP contribution in [0, 0.1) is 12.7 Å². The highest BCUT2D eigenvalue weighted by Gasteiger charge is 2.19. The first-order chi connectivity index (χ1) is 11.7. The Balaban J connectivity index is 1.73. The van der Waals surface area contributed by atoms with Gasteiger partial charge in [-0.05, 0) is 26.2 Å². The first-order valence-corrected chi connectivity index (χ1v) is 8.78. The first-order valence-electron chi connectivity index (χ1n) is 7.96. The summed E-state index contributed by atoms with van der Waals surface area (Å²) in [5.41, 5.74) is 1.22. The maximum Gasteiger partial charge on any atom is 0.186 e. The Labute approximate surface area is 142 Å². The highest BCUT2D eigenvalue weighted by Crippen LogP contribution is 2.36. The van der Waals surface area contributed by atoms with Crippen LogP contribution in [0.25, 0.3) is 10.2 Å². The van der Waals surface area contributed by atoms with E-state index in [0.29, 0.717) is 21.9 Å². The molecule has 0 aromatic carbocycles. The summed E-state index contributed by atoms with van der Waals surface area (Å²) in [6.45, 7) is 3.84.